The van der Waals surface area contributed by atoms with Crippen LogP contribution in [0.1, 0.15) is 64.5 Å². The normalized spacial score (nSPS) is 21.9. The molecule has 5 nitrogen and oxygen atoms in total. The van der Waals surface area contributed by atoms with Crippen LogP contribution in [0.4, 0.5) is 10.6 Å². The molecule has 2 fully saturated rings. The highest BCUT2D eigenvalue weighted by molar-refractivity contribution is 5.69. The van der Waals surface area contributed by atoms with E-state index in [9.17, 15) is 4.79 Å². The molecule has 0 bridgehead atoms. The monoisotopic (exact) mass is 331 g/mol. The van der Waals surface area contributed by atoms with Crippen molar-refractivity contribution in [3.8, 4) is 0 Å². The molecule has 5 heteroatoms. The molecule has 0 radical (unpaired) electrons. The summed E-state index contributed by atoms with van der Waals surface area (Å²) in [5.74, 6) is 1.05. The van der Waals surface area contributed by atoms with E-state index < -0.39 is 5.60 Å². The first-order valence-corrected chi connectivity index (χ1v) is 9.14. The van der Waals surface area contributed by atoms with Crippen molar-refractivity contribution in [2.45, 2.75) is 64.5 Å². The van der Waals surface area contributed by atoms with Crippen molar-refractivity contribution in [1.29, 1.82) is 0 Å². The Bertz CT molecular complexity index is 559. The predicted octanol–water partition coefficient (Wildman–Crippen LogP) is 4.14. The largest absolute Gasteiger partial charge is 0.444 e. The number of anilines is 1. The zero-order valence-electron chi connectivity index (χ0n) is 15.1. The first kappa shape index (κ1) is 17.1. The Kier molecular flexibility index (Phi) is 4.97. The number of pyridine rings is 1. The van der Waals surface area contributed by atoms with E-state index >= 15 is 0 Å². The molecule has 0 spiro atoms. The summed E-state index contributed by atoms with van der Waals surface area (Å²) >= 11 is 0. The average molecular weight is 331 g/mol. The topological polar surface area (TPSA) is 45.7 Å². The summed E-state index contributed by atoms with van der Waals surface area (Å²) in [5.41, 5.74) is 0.653. The smallest absolute Gasteiger partial charge is 0.410 e. The number of carbonyl (C=O) groups excluding carboxylic acids is 1. The van der Waals surface area contributed by atoms with Crippen molar-refractivity contribution >= 4 is 11.9 Å². The van der Waals surface area contributed by atoms with Crippen molar-refractivity contribution < 1.29 is 9.53 Å². The lowest BCUT2D eigenvalue weighted by Crippen LogP contribution is -2.41. The highest BCUT2D eigenvalue weighted by Gasteiger charge is 2.31. The van der Waals surface area contributed by atoms with Gasteiger partial charge in [0.25, 0.3) is 0 Å². The molecule has 0 unspecified atom stereocenters. The lowest BCUT2D eigenvalue weighted by Gasteiger charge is -2.37. The maximum absolute atomic E-state index is 12.5. The number of likely N-dealkylation sites (tertiary alicyclic amines) is 1. The minimum atomic E-state index is -0.461. The minimum Gasteiger partial charge on any atom is -0.444 e. The van der Waals surface area contributed by atoms with Crippen molar-refractivity contribution in [3.63, 3.8) is 0 Å². The second-order valence-electron chi connectivity index (χ2n) is 7.83. The lowest BCUT2D eigenvalue weighted by atomic mass is 9.97. The van der Waals surface area contributed by atoms with E-state index in [1.165, 1.54) is 12.8 Å². The fourth-order valence-electron chi connectivity index (χ4n) is 3.55. The van der Waals surface area contributed by atoms with Crippen molar-refractivity contribution in [1.82, 2.24) is 9.88 Å². The summed E-state index contributed by atoms with van der Waals surface area (Å²) in [6, 6.07) is 4.31. The Labute approximate surface area is 145 Å². The second-order valence-corrected chi connectivity index (χ2v) is 7.83. The quantitative estimate of drug-likeness (QED) is 0.817. The minimum absolute atomic E-state index is 0.0775. The SMILES string of the molecule is CC(C)(C)OC(=O)N1CCCC[C@H]1c1ccc(N2CCCC2)nc1. The number of piperidine rings is 1. The number of amides is 1. The molecule has 1 atom stereocenters. The summed E-state index contributed by atoms with van der Waals surface area (Å²) in [7, 11) is 0. The molecule has 0 aliphatic carbocycles. The van der Waals surface area contributed by atoms with E-state index in [-0.39, 0.29) is 12.1 Å². The molecule has 1 aromatic heterocycles. The van der Waals surface area contributed by atoms with Gasteiger partial charge in [-0.15, -0.1) is 0 Å². The molecular weight excluding hydrogens is 302 g/mol. The zero-order chi connectivity index (χ0) is 17.2. The van der Waals surface area contributed by atoms with Crippen molar-refractivity contribution in [2.75, 3.05) is 24.5 Å². The van der Waals surface area contributed by atoms with Gasteiger partial charge in [-0.25, -0.2) is 9.78 Å². The summed E-state index contributed by atoms with van der Waals surface area (Å²) in [6.07, 6.45) is 7.38. The summed E-state index contributed by atoms with van der Waals surface area (Å²) in [5, 5.41) is 0. The highest BCUT2D eigenvalue weighted by Crippen LogP contribution is 2.32. The van der Waals surface area contributed by atoms with Gasteiger partial charge in [0.1, 0.15) is 11.4 Å². The predicted molar refractivity (Wildman–Crippen MR) is 95.2 cm³/mol. The van der Waals surface area contributed by atoms with Gasteiger partial charge in [0.05, 0.1) is 6.04 Å². The summed E-state index contributed by atoms with van der Waals surface area (Å²) in [6.45, 7) is 8.69. The first-order valence-electron chi connectivity index (χ1n) is 9.14. The van der Waals surface area contributed by atoms with E-state index in [0.29, 0.717) is 0 Å². The van der Waals surface area contributed by atoms with Gasteiger partial charge in [-0.2, -0.15) is 0 Å². The molecule has 2 saturated heterocycles. The van der Waals surface area contributed by atoms with Crippen LogP contribution in [0.2, 0.25) is 0 Å². The van der Waals surface area contributed by atoms with Crippen LogP contribution < -0.4 is 4.90 Å². The van der Waals surface area contributed by atoms with Gasteiger partial charge in [0.2, 0.25) is 0 Å². The van der Waals surface area contributed by atoms with Gasteiger partial charge in [0, 0.05) is 25.8 Å². The van der Waals surface area contributed by atoms with E-state index in [1.807, 2.05) is 31.9 Å². The molecule has 0 N–H and O–H groups in total. The zero-order valence-corrected chi connectivity index (χ0v) is 15.1. The third kappa shape index (κ3) is 4.00. The highest BCUT2D eigenvalue weighted by atomic mass is 16.6. The number of hydrogen-bond acceptors (Lipinski definition) is 4. The van der Waals surface area contributed by atoms with E-state index in [0.717, 1.165) is 50.3 Å². The van der Waals surface area contributed by atoms with Crippen LogP contribution in [0.15, 0.2) is 18.3 Å². The van der Waals surface area contributed by atoms with Crippen molar-refractivity contribution in [2.24, 2.45) is 0 Å². The van der Waals surface area contributed by atoms with Crippen LogP contribution in [-0.4, -0.2) is 41.2 Å². The molecule has 2 aliphatic heterocycles. The van der Waals surface area contributed by atoms with Gasteiger partial charge >= 0.3 is 6.09 Å². The van der Waals surface area contributed by atoms with Crippen LogP contribution in [0.25, 0.3) is 0 Å². The van der Waals surface area contributed by atoms with Crippen LogP contribution >= 0.6 is 0 Å². The molecular formula is C19H29N3O2. The van der Waals surface area contributed by atoms with E-state index in [4.69, 9.17) is 4.74 Å². The number of rotatable bonds is 2. The number of hydrogen-bond donors (Lipinski definition) is 0. The third-order valence-corrected chi connectivity index (χ3v) is 4.72. The first-order chi connectivity index (χ1) is 11.4. The number of nitrogens with zero attached hydrogens (tertiary/aromatic N) is 3. The number of aromatic nitrogens is 1. The third-order valence-electron chi connectivity index (χ3n) is 4.72. The Balaban J connectivity index is 1.73. The van der Waals surface area contributed by atoms with Crippen LogP contribution in [0.5, 0.6) is 0 Å². The Hall–Kier alpha value is -1.78. The maximum Gasteiger partial charge on any atom is 0.410 e. The maximum atomic E-state index is 12.5. The molecule has 132 valence electrons. The van der Waals surface area contributed by atoms with E-state index in [2.05, 4.69) is 22.0 Å². The Morgan fingerprint density at radius 1 is 1.12 bits per heavy atom. The Morgan fingerprint density at radius 2 is 1.83 bits per heavy atom. The molecule has 3 rings (SSSR count). The molecule has 0 aromatic carbocycles. The van der Waals surface area contributed by atoms with Gasteiger partial charge in [-0.3, -0.25) is 0 Å². The molecule has 0 saturated carbocycles. The van der Waals surface area contributed by atoms with Crippen molar-refractivity contribution in [3.05, 3.63) is 23.9 Å². The number of carbonyl (C=O) groups is 1. The van der Waals surface area contributed by atoms with Crippen LogP contribution in [0.3, 0.4) is 0 Å². The standard InChI is InChI=1S/C19H29N3O2/c1-19(2,3)24-18(23)22-13-5-4-8-16(22)15-9-10-17(20-14-15)21-11-6-7-12-21/h9-10,14,16H,4-8,11-13H2,1-3H3/t16-/m0/s1. The molecule has 1 aromatic rings. The van der Waals surface area contributed by atoms with Gasteiger partial charge < -0.3 is 14.5 Å². The molecule has 2 aliphatic rings. The summed E-state index contributed by atoms with van der Waals surface area (Å²) in [4.78, 5) is 21.4. The fraction of sp³-hybridized carbons (Fsp3) is 0.684. The molecule has 3 heterocycles. The van der Waals surface area contributed by atoms with Crippen LogP contribution in [0, 0.1) is 0 Å². The fourth-order valence-corrected chi connectivity index (χ4v) is 3.55. The number of ether oxygens (including phenoxy) is 1. The van der Waals surface area contributed by atoms with E-state index in [1.54, 1.807) is 0 Å². The Morgan fingerprint density at radius 3 is 2.46 bits per heavy atom. The van der Waals surface area contributed by atoms with Gasteiger partial charge in [0.15, 0.2) is 0 Å². The van der Waals surface area contributed by atoms with Crippen LogP contribution in [-0.2, 0) is 4.74 Å². The average Bonchev–Trinajstić information content (AvgIpc) is 3.08. The lowest BCUT2D eigenvalue weighted by molar-refractivity contribution is 0.00948. The molecule has 1 amide bonds. The second kappa shape index (κ2) is 6.99. The summed E-state index contributed by atoms with van der Waals surface area (Å²) < 4.78 is 5.59. The van der Waals surface area contributed by atoms with Gasteiger partial charge in [-0.05, 0) is 64.5 Å². The molecule has 24 heavy (non-hydrogen) atoms. The van der Waals surface area contributed by atoms with Gasteiger partial charge in [-0.1, -0.05) is 6.07 Å².